The van der Waals surface area contributed by atoms with Gasteiger partial charge in [0, 0.05) is 23.1 Å². The number of nitrogens with zero attached hydrogens (tertiary/aromatic N) is 2. The number of pyridine rings is 2. The maximum atomic E-state index is 14.7. The van der Waals surface area contributed by atoms with Crippen molar-refractivity contribution in [3.8, 4) is 11.3 Å². The number of nitrogens with one attached hydrogen (secondary N) is 1. The molecular formula is C23H23F2N3O. The number of Topliss-reactive ketones (excluding diaryl/α,β-unsaturated/α-hetero) is 1. The molecular weight excluding hydrogens is 372 g/mol. The van der Waals surface area contributed by atoms with E-state index in [0.717, 1.165) is 31.9 Å². The highest BCUT2D eigenvalue weighted by atomic mass is 19.1. The van der Waals surface area contributed by atoms with Crippen LogP contribution in [0.1, 0.15) is 38.3 Å². The second-order valence-corrected chi connectivity index (χ2v) is 8.56. The number of carbonyl (C=O) groups is 1. The highest BCUT2D eigenvalue weighted by Gasteiger charge is 2.45. The van der Waals surface area contributed by atoms with E-state index in [1.807, 2.05) is 0 Å². The number of H-pyrrole nitrogens is 1. The number of carbonyl (C=O) groups excluding carboxylic acids is 1. The van der Waals surface area contributed by atoms with E-state index in [-0.39, 0.29) is 23.4 Å². The van der Waals surface area contributed by atoms with Crippen LogP contribution in [0.25, 0.3) is 22.3 Å². The lowest BCUT2D eigenvalue weighted by molar-refractivity contribution is -0.130. The summed E-state index contributed by atoms with van der Waals surface area (Å²) in [6.45, 7) is 1.67. The number of hydrogen-bond acceptors (Lipinski definition) is 3. The third kappa shape index (κ3) is 3.15. The normalized spacial score (nSPS) is 26.2. The number of rotatable bonds is 4. The molecule has 0 radical (unpaired) electrons. The average molecular weight is 395 g/mol. The van der Waals surface area contributed by atoms with Gasteiger partial charge in [0.05, 0.1) is 17.6 Å². The first-order valence-electron chi connectivity index (χ1n) is 10.3. The summed E-state index contributed by atoms with van der Waals surface area (Å²) in [5.41, 5.74) is 2.24. The molecule has 0 amide bonds. The Morgan fingerprint density at radius 2 is 1.93 bits per heavy atom. The molecule has 3 saturated carbocycles. The monoisotopic (exact) mass is 395 g/mol. The van der Waals surface area contributed by atoms with Gasteiger partial charge < -0.3 is 4.98 Å². The molecule has 3 fully saturated rings. The summed E-state index contributed by atoms with van der Waals surface area (Å²) in [6.07, 6.45) is 7.81. The summed E-state index contributed by atoms with van der Waals surface area (Å²) in [7, 11) is 0. The quantitative estimate of drug-likeness (QED) is 0.670. The van der Waals surface area contributed by atoms with E-state index < -0.39 is 5.82 Å². The summed E-state index contributed by atoms with van der Waals surface area (Å²) < 4.78 is 28.4. The molecule has 1 unspecified atom stereocenters. The van der Waals surface area contributed by atoms with Gasteiger partial charge in [-0.05, 0) is 75.0 Å². The number of halogens is 2. The first kappa shape index (κ1) is 18.4. The molecule has 0 aliphatic heterocycles. The Labute approximate surface area is 167 Å². The van der Waals surface area contributed by atoms with E-state index in [9.17, 15) is 13.6 Å². The number of ketones is 1. The Kier molecular flexibility index (Phi) is 4.45. The fraction of sp³-hybridized carbons (Fsp3) is 0.435. The van der Waals surface area contributed by atoms with Gasteiger partial charge in [-0.2, -0.15) is 0 Å². The molecule has 3 heterocycles. The SMILES string of the molecule is CC(=O)[C@@H]1C2CCC(CC2)C1Cc1nc(-c2c[nH]c3ncc(F)cc23)ccc1F. The number of fused-ring (bicyclic) bond motifs is 4. The van der Waals surface area contributed by atoms with E-state index in [0.29, 0.717) is 46.2 Å². The van der Waals surface area contributed by atoms with Crippen LogP contribution < -0.4 is 0 Å². The maximum absolute atomic E-state index is 14.7. The molecule has 3 aliphatic rings. The van der Waals surface area contributed by atoms with Gasteiger partial charge in [-0.3, -0.25) is 4.79 Å². The summed E-state index contributed by atoms with van der Waals surface area (Å²) in [5, 5.41) is 0.619. The highest BCUT2D eigenvalue weighted by Crippen LogP contribution is 2.50. The molecule has 4 nitrogen and oxygen atoms in total. The Balaban J connectivity index is 1.51. The Morgan fingerprint density at radius 3 is 2.69 bits per heavy atom. The smallest absolute Gasteiger partial charge is 0.144 e. The number of aromatic nitrogens is 3. The fourth-order valence-corrected chi connectivity index (χ4v) is 5.69. The van der Waals surface area contributed by atoms with Crippen molar-refractivity contribution in [3.05, 3.63) is 47.9 Å². The van der Waals surface area contributed by atoms with E-state index in [4.69, 9.17) is 0 Å². The van der Waals surface area contributed by atoms with Gasteiger partial charge in [-0.15, -0.1) is 0 Å². The second kappa shape index (κ2) is 7.01. The zero-order chi connectivity index (χ0) is 20.1. The van der Waals surface area contributed by atoms with Crippen LogP contribution in [-0.4, -0.2) is 20.7 Å². The Bertz CT molecular complexity index is 1080. The molecule has 29 heavy (non-hydrogen) atoms. The molecule has 3 aliphatic carbocycles. The topological polar surface area (TPSA) is 58.6 Å². The van der Waals surface area contributed by atoms with Crippen LogP contribution in [0.5, 0.6) is 0 Å². The van der Waals surface area contributed by atoms with Crippen molar-refractivity contribution >= 4 is 16.8 Å². The van der Waals surface area contributed by atoms with Crippen LogP contribution in [0.3, 0.4) is 0 Å². The van der Waals surface area contributed by atoms with Crippen molar-refractivity contribution in [2.75, 3.05) is 0 Å². The minimum absolute atomic E-state index is 0.0127. The molecule has 0 saturated heterocycles. The van der Waals surface area contributed by atoms with Crippen molar-refractivity contribution in [3.63, 3.8) is 0 Å². The molecule has 3 aromatic rings. The third-order valence-electron chi connectivity index (χ3n) is 6.98. The fourth-order valence-electron chi connectivity index (χ4n) is 5.69. The van der Waals surface area contributed by atoms with E-state index in [2.05, 4.69) is 15.0 Å². The first-order valence-corrected chi connectivity index (χ1v) is 10.3. The largest absolute Gasteiger partial charge is 0.345 e. The van der Waals surface area contributed by atoms with Crippen molar-refractivity contribution in [2.24, 2.45) is 23.7 Å². The molecule has 6 rings (SSSR count). The average Bonchev–Trinajstić information content (AvgIpc) is 3.13. The first-order chi connectivity index (χ1) is 14.0. The van der Waals surface area contributed by atoms with Crippen LogP contribution in [-0.2, 0) is 11.2 Å². The molecule has 2 atom stereocenters. The molecule has 0 spiro atoms. The highest BCUT2D eigenvalue weighted by molar-refractivity contribution is 5.92. The lowest BCUT2D eigenvalue weighted by atomic mass is 9.56. The minimum Gasteiger partial charge on any atom is -0.345 e. The summed E-state index contributed by atoms with van der Waals surface area (Å²) in [6, 6.07) is 4.44. The van der Waals surface area contributed by atoms with Gasteiger partial charge in [0.15, 0.2) is 0 Å². The molecule has 6 heteroatoms. The summed E-state index contributed by atoms with van der Waals surface area (Å²) >= 11 is 0. The van der Waals surface area contributed by atoms with Crippen molar-refractivity contribution in [1.82, 2.24) is 15.0 Å². The van der Waals surface area contributed by atoms with Gasteiger partial charge >= 0.3 is 0 Å². The van der Waals surface area contributed by atoms with Crippen molar-refractivity contribution in [2.45, 2.75) is 39.0 Å². The van der Waals surface area contributed by atoms with Crippen molar-refractivity contribution < 1.29 is 13.6 Å². The predicted molar refractivity (Wildman–Crippen MR) is 106 cm³/mol. The van der Waals surface area contributed by atoms with Crippen LogP contribution in [0.2, 0.25) is 0 Å². The molecule has 0 aromatic carbocycles. The van der Waals surface area contributed by atoms with E-state index in [1.54, 1.807) is 19.2 Å². The van der Waals surface area contributed by atoms with Crippen LogP contribution in [0.15, 0.2) is 30.6 Å². The van der Waals surface area contributed by atoms with E-state index >= 15 is 0 Å². The molecule has 150 valence electrons. The second-order valence-electron chi connectivity index (χ2n) is 8.56. The van der Waals surface area contributed by atoms with Crippen LogP contribution in [0.4, 0.5) is 8.78 Å². The van der Waals surface area contributed by atoms with E-state index in [1.165, 1.54) is 12.1 Å². The molecule has 3 aromatic heterocycles. The lowest BCUT2D eigenvalue weighted by Gasteiger charge is -2.47. The summed E-state index contributed by atoms with van der Waals surface area (Å²) in [4.78, 5) is 24.0. The van der Waals surface area contributed by atoms with Gasteiger partial charge in [-0.1, -0.05) is 0 Å². The molecule has 2 bridgehead atoms. The zero-order valence-corrected chi connectivity index (χ0v) is 16.3. The third-order valence-corrected chi connectivity index (χ3v) is 6.98. The zero-order valence-electron chi connectivity index (χ0n) is 16.3. The minimum atomic E-state index is -0.428. The van der Waals surface area contributed by atoms with Gasteiger partial charge in [0.2, 0.25) is 0 Å². The van der Waals surface area contributed by atoms with Crippen molar-refractivity contribution in [1.29, 1.82) is 0 Å². The maximum Gasteiger partial charge on any atom is 0.144 e. The lowest BCUT2D eigenvalue weighted by Crippen LogP contribution is -2.44. The van der Waals surface area contributed by atoms with Gasteiger partial charge in [0.1, 0.15) is 23.1 Å². The van der Waals surface area contributed by atoms with Gasteiger partial charge in [-0.25, -0.2) is 18.7 Å². The summed E-state index contributed by atoms with van der Waals surface area (Å²) in [5.74, 6) is 0.503. The number of hydrogen-bond donors (Lipinski definition) is 1. The van der Waals surface area contributed by atoms with Crippen LogP contribution >= 0.6 is 0 Å². The molecule has 1 N–H and O–H groups in total. The standard InChI is InChI=1S/C23H23F2N3O/c1-12(29)22-14-4-2-13(3-5-14)16(22)9-21-19(25)6-7-20(28-21)18-11-27-23-17(18)8-15(24)10-26-23/h6-8,10-11,13-14,16,22H,2-5,9H2,1H3,(H,26,27)/t13?,14?,16?,22-/m1/s1. The predicted octanol–water partition coefficient (Wildman–Crippen LogP) is 5.09. The Morgan fingerprint density at radius 1 is 1.17 bits per heavy atom. The Hall–Kier alpha value is -2.63. The van der Waals surface area contributed by atoms with Gasteiger partial charge in [0.25, 0.3) is 0 Å². The van der Waals surface area contributed by atoms with Crippen LogP contribution in [0, 0.1) is 35.3 Å². The number of aromatic amines is 1.